The molecular weight excluding hydrogens is 304 g/mol. The van der Waals surface area contributed by atoms with Crippen LogP contribution in [0.3, 0.4) is 0 Å². The number of hydrogen-bond donors (Lipinski definition) is 0. The first-order valence-corrected chi connectivity index (χ1v) is 7.04. The van der Waals surface area contributed by atoms with Crippen LogP contribution >= 0.6 is 11.6 Å². The van der Waals surface area contributed by atoms with E-state index in [0.717, 1.165) is 5.22 Å². The number of amidine groups is 1. The fourth-order valence-electron chi connectivity index (χ4n) is 2.86. The molecule has 5 nitrogen and oxygen atoms in total. The van der Waals surface area contributed by atoms with Gasteiger partial charge in [0, 0.05) is 22.4 Å². The molecule has 0 saturated heterocycles. The second kappa shape index (κ2) is 4.33. The Morgan fingerprint density at radius 3 is 2.73 bits per heavy atom. The van der Waals surface area contributed by atoms with Crippen LogP contribution in [0, 0.1) is 10.4 Å². The minimum Gasteiger partial charge on any atom is -0.614 e. The summed E-state index contributed by atoms with van der Waals surface area (Å²) in [5, 5.41) is 27.8. The summed E-state index contributed by atoms with van der Waals surface area (Å²) in [5.74, 6) is 0.644. The monoisotopic (exact) mass is 314 g/mol. The van der Waals surface area contributed by atoms with Gasteiger partial charge in [0.15, 0.2) is 0 Å². The van der Waals surface area contributed by atoms with Gasteiger partial charge < -0.3 is 15.2 Å². The Kier molecular flexibility index (Phi) is 2.62. The lowest BCUT2D eigenvalue weighted by molar-refractivity contribution is -0.356. The first-order chi connectivity index (χ1) is 10.5. The minimum atomic E-state index is -0.941. The maximum atomic E-state index is 13.3. The van der Waals surface area contributed by atoms with E-state index in [1.165, 1.54) is 13.3 Å². The van der Waals surface area contributed by atoms with Crippen molar-refractivity contribution in [2.45, 2.75) is 0 Å². The number of hydrogen-bond acceptors (Lipinski definition) is 3. The summed E-state index contributed by atoms with van der Waals surface area (Å²) in [6.45, 7) is 0. The van der Waals surface area contributed by atoms with Gasteiger partial charge in [-0.05, 0) is 23.4 Å². The van der Waals surface area contributed by atoms with E-state index < -0.39 is 4.65 Å². The molecule has 0 aromatic heterocycles. The molecule has 2 aliphatic heterocycles. The summed E-state index contributed by atoms with van der Waals surface area (Å²) in [6, 6.07) is 10.1. The number of halogens is 1. The van der Waals surface area contributed by atoms with Crippen molar-refractivity contribution in [1.82, 2.24) is 4.65 Å². The van der Waals surface area contributed by atoms with Crippen molar-refractivity contribution in [2.75, 3.05) is 7.11 Å². The summed E-state index contributed by atoms with van der Waals surface area (Å²) in [5.41, 5.74) is 0.670. The number of hydroxylamine groups is 2. The lowest BCUT2D eigenvalue weighted by Crippen LogP contribution is -2.49. The van der Waals surface area contributed by atoms with Crippen molar-refractivity contribution >= 4 is 41.1 Å². The average Bonchev–Trinajstić information content (AvgIpc) is 2.72. The Morgan fingerprint density at radius 2 is 1.95 bits per heavy atom. The average molecular weight is 315 g/mol. The standard InChI is InChI=1S/C16H11ClN2O3/c1-22-13-4-5-14-15(8-13)19(21)9-11-6-12(17)3-2-10(11)7-16(19)18(14)20/h2-9H,1H3. The molecule has 2 aromatic carbocycles. The van der Waals surface area contributed by atoms with Gasteiger partial charge in [0.25, 0.3) is 5.69 Å². The number of quaternary nitrogens is 1. The highest BCUT2D eigenvalue weighted by atomic mass is 35.5. The second-order valence-corrected chi connectivity index (χ2v) is 5.65. The Balaban J connectivity index is 2.07. The number of benzene rings is 2. The van der Waals surface area contributed by atoms with Gasteiger partial charge >= 0.3 is 5.84 Å². The summed E-state index contributed by atoms with van der Waals surface area (Å²) < 4.78 is 4.90. The van der Waals surface area contributed by atoms with Crippen molar-refractivity contribution in [1.29, 1.82) is 0 Å². The number of fused-ring (bicyclic) bond motifs is 4. The molecule has 1 unspecified atom stereocenters. The van der Waals surface area contributed by atoms with Crippen LogP contribution in [-0.2, 0) is 0 Å². The molecule has 0 N–H and O–H groups in total. The van der Waals surface area contributed by atoms with Crippen LogP contribution in [0.2, 0.25) is 5.02 Å². The molecule has 0 amide bonds. The molecule has 110 valence electrons. The topological polar surface area (TPSA) is 58.4 Å². The molecule has 6 heteroatoms. The molecule has 2 heterocycles. The zero-order chi connectivity index (χ0) is 15.5. The van der Waals surface area contributed by atoms with Crippen molar-refractivity contribution in [3.63, 3.8) is 0 Å². The third-order valence-corrected chi connectivity index (χ3v) is 4.20. The van der Waals surface area contributed by atoms with Crippen LogP contribution in [0.25, 0.3) is 12.3 Å². The van der Waals surface area contributed by atoms with Crippen molar-refractivity contribution in [2.24, 2.45) is 0 Å². The maximum absolute atomic E-state index is 13.3. The van der Waals surface area contributed by atoms with E-state index in [-0.39, 0.29) is 5.84 Å². The summed E-state index contributed by atoms with van der Waals surface area (Å²) in [4.78, 5) is 0. The maximum Gasteiger partial charge on any atom is 0.391 e. The van der Waals surface area contributed by atoms with Crippen LogP contribution in [0.1, 0.15) is 0 Å². The highest BCUT2D eigenvalue weighted by Gasteiger charge is 2.45. The Morgan fingerprint density at radius 1 is 1.14 bits per heavy atom. The summed E-state index contributed by atoms with van der Waals surface area (Å²) >= 11 is 6.00. The van der Waals surface area contributed by atoms with E-state index in [4.69, 9.17) is 16.3 Å². The SMILES string of the molecule is COc1ccc2c(c1)[N+]1([O-])C=c3cc(Cl)ccc3=CC1=[N+]2[O-]. The van der Waals surface area contributed by atoms with Crippen LogP contribution in [0.15, 0.2) is 36.4 Å². The first-order valence-electron chi connectivity index (χ1n) is 6.66. The van der Waals surface area contributed by atoms with E-state index in [1.54, 1.807) is 42.5 Å². The van der Waals surface area contributed by atoms with Gasteiger partial charge in [-0.15, -0.1) is 4.74 Å². The molecule has 0 spiro atoms. The number of rotatable bonds is 1. The third kappa shape index (κ3) is 1.64. The normalized spacial score (nSPS) is 21.4. The molecule has 22 heavy (non-hydrogen) atoms. The minimum absolute atomic E-state index is 0.109. The zero-order valence-electron chi connectivity index (χ0n) is 11.6. The van der Waals surface area contributed by atoms with E-state index in [2.05, 4.69) is 0 Å². The molecule has 2 aromatic rings. The van der Waals surface area contributed by atoms with Gasteiger partial charge in [0.1, 0.15) is 11.9 Å². The fourth-order valence-corrected chi connectivity index (χ4v) is 3.04. The molecule has 4 rings (SSSR count). The number of methoxy groups -OCH3 is 1. The predicted octanol–water partition coefficient (Wildman–Crippen LogP) is 1.94. The third-order valence-electron chi connectivity index (χ3n) is 3.96. The van der Waals surface area contributed by atoms with Gasteiger partial charge in [-0.2, -0.15) is 0 Å². The van der Waals surface area contributed by atoms with Crippen molar-refractivity contribution < 1.29 is 9.48 Å². The van der Waals surface area contributed by atoms with Crippen molar-refractivity contribution in [3.05, 3.63) is 62.3 Å². The van der Waals surface area contributed by atoms with E-state index in [0.29, 0.717) is 32.1 Å². The van der Waals surface area contributed by atoms with Crippen LogP contribution in [0.4, 0.5) is 11.4 Å². The van der Waals surface area contributed by atoms with E-state index >= 15 is 0 Å². The summed E-state index contributed by atoms with van der Waals surface area (Å²) in [6.07, 6.45) is 3.10. The molecule has 0 aliphatic carbocycles. The van der Waals surface area contributed by atoms with Gasteiger partial charge in [-0.1, -0.05) is 17.7 Å². The zero-order valence-corrected chi connectivity index (χ0v) is 12.4. The number of nitrogens with zero attached hydrogens (tertiary/aromatic N) is 2. The molecular formula is C16H11ClN2O3. The molecule has 0 saturated carbocycles. The smallest absolute Gasteiger partial charge is 0.391 e. The second-order valence-electron chi connectivity index (χ2n) is 5.21. The van der Waals surface area contributed by atoms with Gasteiger partial charge in [-0.25, -0.2) is 4.65 Å². The van der Waals surface area contributed by atoms with Crippen LogP contribution in [-0.4, -0.2) is 17.7 Å². The van der Waals surface area contributed by atoms with Crippen molar-refractivity contribution in [3.8, 4) is 5.75 Å². The highest BCUT2D eigenvalue weighted by molar-refractivity contribution is 6.30. The predicted molar refractivity (Wildman–Crippen MR) is 86.1 cm³/mol. The van der Waals surface area contributed by atoms with Crippen LogP contribution < -0.4 is 19.8 Å². The molecule has 0 bridgehead atoms. The Bertz CT molecular complexity index is 968. The lowest BCUT2D eigenvalue weighted by Gasteiger charge is -2.31. The molecule has 2 aliphatic rings. The number of ether oxygens (including phenoxy) is 1. The quantitative estimate of drug-likeness (QED) is 0.459. The molecule has 0 fully saturated rings. The first kappa shape index (κ1) is 13.3. The van der Waals surface area contributed by atoms with Gasteiger partial charge in [-0.3, -0.25) is 0 Å². The largest absolute Gasteiger partial charge is 0.614 e. The Labute approximate surface area is 131 Å². The molecule has 0 radical (unpaired) electrons. The fraction of sp³-hybridized carbons (Fsp3) is 0.0625. The van der Waals surface area contributed by atoms with Gasteiger partial charge in [0.05, 0.1) is 13.2 Å². The van der Waals surface area contributed by atoms with E-state index in [1.807, 2.05) is 0 Å². The van der Waals surface area contributed by atoms with Crippen LogP contribution in [0.5, 0.6) is 5.75 Å². The lowest BCUT2D eigenvalue weighted by atomic mass is 10.1. The summed E-state index contributed by atoms with van der Waals surface area (Å²) in [7, 11) is 1.52. The van der Waals surface area contributed by atoms with Gasteiger partial charge in [0.2, 0.25) is 5.69 Å². The Hall–Kier alpha value is -2.34. The highest BCUT2D eigenvalue weighted by Crippen LogP contribution is 2.42. The molecule has 1 atom stereocenters. The van der Waals surface area contributed by atoms with E-state index in [9.17, 15) is 10.4 Å².